The molecule has 1 aromatic heterocycles. The first-order valence-corrected chi connectivity index (χ1v) is 8.46. The Hall–Kier alpha value is -2.62. The van der Waals surface area contributed by atoms with Gasteiger partial charge in [-0.05, 0) is 5.56 Å². The summed E-state index contributed by atoms with van der Waals surface area (Å²) in [6.07, 6.45) is 1.74. The minimum absolute atomic E-state index is 0.661. The molecule has 0 aliphatic carbocycles. The molecule has 1 heterocycles. The molecule has 3 aromatic rings. The van der Waals surface area contributed by atoms with Gasteiger partial charge in [-0.15, -0.1) is 0 Å². The number of thioether (sulfide) groups is 1. The topological polar surface area (TPSA) is 61.1 Å². The molecule has 0 fully saturated rings. The molecule has 2 aromatic carbocycles. The number of nitriles is 1. The Labute approximate surface area is 142 Å². The van der Waals surface area contributed by atoms with Crippen molar-refractivity contribution >= 4 is 34.4 Å². The maximum Gasteiger partial charge on any atom is 0.205 e. The van der Waals surface area contributed by atoms with E-state index >= 15 is 0 Å². The number of nitrogens with zero attached hydrogens (tertiary/aromatic N) is 3. The van der Waals surface area contributed by atoms with Crippen molar-refractivity contribution in [3.63, 3.8) is 0 Å². The quantitative estimate of drug-likeness (QED) is 0.314. The molecule has 0 atom stereocenters. The van der Waals surface area contributed by atoms with Gasteiger partial charge in [-0.2, -0.15) is 10.4 Å². The van der Waals surface area contributed by atoms with E-state index < -0.39 is 0 Å². The highest BCUT2D eigenvalue weighted by Crippen LogP contribution is 2.37. The van der Waals surface area contributed by atoms with E-state index in [1.165, 1.54) is 11.3 Å². The van der Waals surface area contributed by atoms with Crippen LogP contribution in [0.5, 0.6) is 0 Å². The SMILES string of the molecule is N#CSc1sc(N/N=C\c2ccccc2)nc1-c1ccccc1. The van der Waals surface area contributed by atoms with Gasteiger partial charge in [-0.1, -0.05) is 72.0 Å². The van der Waals surface area contributed by atoms with Crippen molar-refractivity contribution < 1.29 is 0 Å². The molecular formula is C17H12N4S2. The largest absolute Gasteiger partial charge is 0.253 e. The molecule has 0 unspecified atom stereocenters. The molecule has 23 heavy (non-hydrogen) atoms. The predicted octanol–water partition coefficient (Wildman–Crippen LogP) is 4.83. The highest BCUT2D eigenvalue weighted by molar-refractivity contribution is 8.05. The monoisotopic (exact) mass is 336 g/mol. The standard InChI is InChI=1S/C17H12N4S2/c18-12-22-16-15(14-9-5-2-6-10-14)20-17(23-16)21-19-11-13-7-3-1-4-8-13/h1-11H,(H,20,21)/b19-11-. The number of aromatic nitrogens is 1. The van der Waals surface area contributed by atoms with Gasteiger partial charge in [0.05, 0.1) is 11.9 Å². The van der Waals surface area contributed by atoms with E-state index in [2.05, 4.69) is 20.9 Å². The second-order valence-corrected chi connectivity index (χ2v) is 6.55. The van der Waals surface area contributed by atoms with Crippen LogP contribution in [0.2, 0.25) is 0 Å². The van der Waals surface area contributed by atoms with Crippen LogP contribution >= 0.6 is 23.1 Å². The number of anilines is 1. The lowest BCUT2D eigenvalue weighted by Gasteiger charge is -1.97. The Bertz CT molecular complexity index is 836. The minimum Gasteiger partial charge on any atom is -0.253 e. The smallest absolute Gasteiger partial charge is 0.205 e. The van der Waals surface area contributed by atoms with E-state index in [1.54, 1.807) is 6.21 Å². The molecule has 0 radical (unpaired) electrons. The Kier molecular flexibility index (Phi) is 5.04. The predicted molar refractivity (Wildman–Crippen MR) is 96.7 cm³/mol. The number of nitrogens with one attached hydrogen (secondary N) is 1. The summed E-state index contributed by atoms with van der Waals surface area (Å²) in [7, 11) is 0. The third-order valence-corrected chi connectivity index (χ3v) is 4.68. The van der Waals surface area contributed by atoms with Gasteiger partial charge in [0.1, 0.15) is 9.61 Å². The summed E-state index contributed by atoms with van der Waals surface area (Å²) in [6, 6.07) is 19.6. The van der Waals surface area contributed by atoms with Crippen molar-refractivity contribution in [3.05, 3.63) is 66.2 Å². The lowest BCUT2D eigenvalue weighted by Crippen LogP contribution is -1.89. The van der Waals surface area contributed by atoms with E-state index in [4.69, 9.17) is 5.26 Å². The van der Waals surface area contributed by atoms with Crippen LogP contribution in [-0.4, -0.2) is 11.2 Å². The van der Waals surface area contributed by atoms with Crippen molar-refractivity contribution in [1.82, 2.24) is 4.98 Å². The second kappa shape index (κ2) is 7.58. The summed E-state index contributed by atoms with van der Waals surface area (Å²) in [6.45, 7) is 0. The van der Waals surface area contributed by atoms with Crippen LogP contribution in [0.1, 0.15) is 5.56 Å². The Morgan fingerprint density at radius 2 is 1.78 bits per heavy atom. The van der Waals surface area contributed by atoms with Crippen LogP contribution in [0.3, 0.4) is 0 Å². The lowest BCUT2D eigenvalue weighted by molar-refractivity contribution is 1.28. The molecule has 3 rings (SSSR count). The summed E-state index contributed by atoms with van der Waals surface area (Å²) in [5, 5.41) is 15.9. The average molecular weight is 336 g/mol. The minimum atomic E-state index is 0.661. The number of hydrogen-bond donors (Lipinski definition) is 1. The summed E-state index contributed by atoms with van der Waals surface area (Å²) in [5.74, 6) is 0. The molecule has 0 bridgehead atoms. The number of hydrazone groups is 1. The molecule has 4 nitrogen and oxygen atoms in total. The van der Waals surface area contributed by atoms with Crippen LogP contribution in [0, 0.1) is 10.7 Å². The molecular weight excluding hydrogens is 324 g/mol. The van der Waals surface area contributed by atoms with Crippen molar-refractivity contribution in [3.8, 4) is 16.7 Å². The number of benzene rings is 2. The van der Waals surface area contributed by atoms with Crippen LogP contribution in [0.4, 0.5) is 5.13 Å². The zero-order valence-corrected chi connectivity index (χ0v) is 13.6. The van der Waals surface area contributed by atoms with Crippen LogP contribution in [0.25, 0.3) is 11.3 Å². The summed E-state index contributed by atoms with van der Waals surface area (Å²) < 4.78 is 0.858. The van der Waals surface area contributed by atoms with Gasteiger partial charge in [-0.3, -0.25) is 5.43 Å². The molecule has 0 spiro atoms. The highest BCUT2D eigenvalue weighted by atomic mass is 32.2. The normalized spacial score (nSPS) is 10.6. The van der Waals surface area contributed by atoms with Gasteiger partial charge >= 0.3 is 0 Å². The summed E-state index contributed by atoms with van der Waals surface area (Å²) >= 11 is 2.54. The first kappa shape index (κ1) is 15.3. The summed E-state index contributed by atoms with van der Waals surface area (Å²) in [5.41, 5.74) is 5.73. The fourth-order valence-corrected chi connectivity index (χ4v) is 3.47. The molecule has 0 aliphatic heterocycles. The first-order chi connectivity index (χ1) is 11.4. The van der Waals surface area contributed by atoms with Gasteiger partial charge in [0.25, 0.3) is 0 Å². The fourth-order valence-electron chi connectivity index (χ4n) is 1.94. The van der Waals surface area contributed by atoms with E-state index in [0.717, 1.165) is 32.8 Å². The van der Waals surface area contributed by atoms with E-state index in [-0.39, 0.29) is 0 Å². The molecule has 1 N–H and O–H groups in total. The van der Waals surface area contributed by atoms with Crippen molar-refractivity contribution in [2.75, 3.05) is 5.43 Å². The Morgan fingerprint density at radius 3 is 2.48 bits per heavy atom. The number of thiazole rings is 1. The maximum atomic E-state index is 8.97. The number of rotatable bonds is 5. The number of hydrogen-bond acceptors (Lipinski definition) is 6. The van der Waals surface area contributed by atoms with Gasteiger partial charge in [0.15, 0.2) is 0 Å². The molecule has 6 heteroatoms. The van der Waals surface area contributed by atoms with Crippen LogP contribution in [0.15, 0.2) is 70.0 Å². The van der Waals surface area contributed by atoms with Gasteiger partial charge in [-0.25, -0.2) is 4.98 Å². The van der Waals surface area contributed by atoms with Gasteiger partial charge in [0.2, 0.25) is 5.13 Å². The third kappa shape index (κ3) is 3.97. The second-order valence-electron chi connectivity index (χ2n) is 4.50. The zero-order valence-electron chi connectivity index (χ0n) is 12.0. The Morgan fingerprint density at radius 1 is 1.09 bits per heavy atom. The van der Waals surface area contributed by atoms with E-state index in [1.807, 2.05) is 60.7 Å². The average Bonchev–Trinajstić information content (AvgIpc) is 3.00. The molecule has 0 saturated carbocycles. The van der Waals surface area contributed by atoms with E-state index in [9.17, 15) is 0 Å². The number of thiocyanates is 1. The van der Waals surface area contributed by atoms with Crippen molar-refractivity contribution in [2.45, 2.75) is 4.21 Å². The molecule has 0 aliphatic rings. The molecule has 0 amide bonds. The zero-order chi connectivity index (χ0) is 15.9. The van der Waals surface area contributed by atoms with Crippen LogP contribution in [-0.2, 0) is 0 Å². The molecule has 0 saturated heterocycles. The third-order valence-electron chi connectivity index (χ3n) is 2.96. The maximum absolute atomic E-state index is 8.97. The van der Waals surface area contributed by atoms with E-state index in [0.29, 0.717) is 5.13 Å². The van der Waals surface area contributed by atoms with Crippen molar-refractivity contribution in [2.24, 2.45) is 5.10 Å². The van der Waals surface area contributed by atoms with Crippen LogP contribution < -0.4 is 5.43 Å². The first-order valence-electron chi connectivity index (χ1n) is 6.83. The Balaban J connectivity index is 1.81. The highest BCUT2D eigenvalue weighted by Gasteiger charge is 2.13. The molecule has 112 valence electrons. The lowest BCUT2D eigenvalue weighted by atomic mass is 10.2. The van der Waals surface area contributed by atoms with Gasteiger partial charge < -0.3 is 0 Å². The fraction of sp³-hybridized carbons (Fsp3) is 0. The van der Waals surface area contributed by atoms with Crippen molar-refractivity contribution in [1.29, 1.82) is 5.26 Å². The summed E-state index contributed by atoms with van der Waals surface area (Å²) in [4.78, 5) is 4.55. The van der Waals surface area contributed by atoms with Gasteiger partial charge in [0, 0.05) is 17.3 Å².